The van der Waals surface area contributed by atoms with E-state index in [4.69, 9.17) is 10.1 Å². The van der Waals surface area contributed by atoms with Crippen LogP contribution in [0.3, 0.4) is 0 Å². The van der Waals surface area contributed by atoms with Crippen LogP contribution < -0.4 is 5.14 Å². The Morgan fingerprint density at radius 3 is 2.77 bits per heavy atom. The number of hydrogen-bond acceptors (Lipinski definition) is 2. The van der Waals surface area contributed by atoms with Crippen molar-refractivity contribution in [3.05, 3.63) is 34.2 Å². The van der Waals surface area contributed by atoms with Gasteiger partial charge in [0.1, 0.15) is 0 Å². The number of halogens is 1. The summed E-state index contributed by atoms with van der Waals surface area (Å²) in [7, 11) is -1.34. The van der Waals surface area contributed by atoms with E-state index in [1.54, 1.807) is 0 Å². The number of nitrogens with zero attached hydrogens (tertiary/aromatic N) is 2. The SMILES string of the molecule is C[C@H](CC(C)(C)S(N)=O)c1cn2cc(C3CC3)cc(Br)c2n1. The standard InChI is InChI=1S/C16H22BrN3OS/c1-10(7-16(2,3)22(18)21)14-9-20-8-12(11-4-5-11)6-13(17)15(20)19-14/h6,8-11H,4-5,7,18H2,1-3H3/t10-,22?/m1/s1. The quantitative estimate of drug-likeness (QED) is 0.851. The van der Waals surface area contributed by atoms with Crippen molar-refractivity contribution in [2.24, 2.45) is 5.14 Å². The van der Waals surface area contributed by atoms with Crippen LogP contribution in [0.5, 0.6) is 0 Å². The molecule has 0 aliphatic heterocycles. The van der Waals surface area contributed by atoms with Crippen molar-refractivity contribution in [3.8, 4) is 0 Å². The zero-order chi connectivity index (χ0) is 16.1. The van der Waals surface area contributed by atoms with E-state index in [0.717, 1.165) is 22.2 Å². The van der Waals surface area contributed by atoms with E-state index in [1.807, 2.05) is 13.8 Å². The van der Waals surface area contributed by atoms with Crippen LogP contribution in [0, 0.1) is 0 Å². The molecule has 1 aliphatic rings. The number of hydrogen-bond donors (Lipinski definition) is 1. The predicted molar refractivity (Wildman–Crippen MR) is 94.3 cm³/mol. The van der Waals surface area contributed by atoms with E-state index in [2.05, 4.69) is 45.7 Å². The summed E-state index contributed by atoms with van der Waals surface area (Å²) in [4.78, 5) is 4.75. The van der Waals surface area contributed by atoms with Gasteiger partial charge in [-0.3, -0.25) is 5.14 Å². The van der Waals surface area contributed by atoms with Gasteiger partial charge in [0.25, 0.3) is 0 Å². The first-order chi connectivity index (χ1) is 10.3. The second-order valence-electron chi connectivity index (χ2n) is 6.95. The van der Waals surface area contributed by atoms with Gasteiger partial charge in [0.05, 0.1) is 25.9 Å². The minimum absolute atomic E-state index is 0.207. The summed E-state index contributed by atoms with van der Waals surface area (Å²) in [6.07, 6.45) is 7.59. The fourth-order valence-electron chi connectivity index (χ4n) is 2.90. The Hall–Kier alpha value is -0.720. The third-order valence-electron chi connectivity index (χ3n) is 4.44. The van der Waals surface area contributed by atoms with Gasteiger partial charge >= 0.3 is 0 Å². The molecule has 3 rings (SSSR count). The van der Waals surface area contributed by atoms with Gasteiger partial charge in [-0.1, -0.05) is 6.92 Å². The molecule has 2 aromatic rings. The van der Waals surface area contributed by atoms with Crippen molar-refractivity contribution in [2.45, 2.75) is 56.6 Å². The number of aromatic nitrogens is 2. The maximum atomic E-state index is 11.6. The first kappa shape index (κ1) is 16.1. The molecule has 1 fully saturated rings. The summed E-state index contributed by atoms with van der Waals surface area (Å²) in [5.41, 5.74) is 3.34. The van der Waals surface area contributed by atoms with Crippen LogP contribution in [0.1, 0.15) is 63.1 Å². The van der Waals surface area contributed by atoms with Gasteiger partial charge in [-0.15, -0.1) is 0 Å². The Kier molecular flexibility index (Phi) is 4.20. The second-order valence-corrected chi connectivity index (χ2v) is 9.51. The van der Waals surface area contributed by atoms with E-state index in [-0.39, 0.29) is 5.92 Å². The lowest BCUT2D eigenvalue weighted by molar-refractivity contribution is 0.535. The van der Waals surface area contributed by atoms with Crippen molar-refractivity contribution in [1.82, 2.24) is 9.38 Å². The molecule has 6 heteroatoms. The molecule has 0 amide bonds. The summed E-state index contributed by atoms with van der Waals surface area (Å²) >= 11 is 3.64. The molecule has 2 atom stereocenters. The minimum Gasteiger partial charge on any atom is -0.306 e. The molecular formula is C16H22BrN3OS. The molecule has 120 valence electrons. The van der Waals surface area contributed by atoms with Gasteiger partial charge in [0.2, 0.25) is 0 Å². The van der Waals surface area contributed by atoms with Crippen molar-refractivity contribution >= 4 is 32.6 Å². The molecule has 0 radical (unpaired) electrons. The first-order valence-corrected chi connectivity index (χ1v) is 9.63. The Balaban J connectivity index is 1.91. The van der Waals surface area contributed by atoms with Crippen LogP contribution >= 0.6 is 15.9 Å². The lowest BCUT2D eigenvalue weighted by Crippen LogP contribution is -2.33. The van der Waals surface area contributed by atoms with Gasteiger partial charge in [-0.25, -0.2) is 9.19 Å². The molecule has 4 nitrogen and oxygen atoms in total. The van der Waals surface area contributed by atoms with Crippen molar-refractivity contribution < 1.29 is 4.21 Å². The van der Waals surface area contributed by atoms with Crippen molar-refractivity contribution in [3.63, 3.8) is 0 Å². The summed E-state index contributed by atoms with van der Waals surface area (Å²) in [6, 6.07) is 2.19. The van der Waals surface area contributed by atoms with Gasteiger partial charge < -0.3 is 4.40 Å². The lowest BCUT2D eigenvalue weighted by atomic mass is 9.96. The lowest BCUT2D eigenvalue weighted by Gasteiger charge is -2.24. The first-order valence-electron chi connectivity index (χ1n) is 7.62. The van der Waals surface area contributed by atoms with Crippen LogP contribution in [0.2, 0.25) is 0 Å². The van der Waals surface area contributed by atoms with Gasteiger partial charge in [0, 0.05) is 18.3 Å². The van der Waals surface area contributed by atoms with E-state index >= 15 is 0 Å². The van der Waals surface area contributed by atoms with E-state index in [0.29, 0.717) is 5.92 Å². The Morgan fingerprint density at radius 1 is 1.50 bits per heavy atom. The molecule has 0 bridgehead atoms. The van der Waals surface area contributed by atoms with Crippen molar-refractivity contribution in [2.75, 3.05) is 0 Å². The van der Waals surface area contributed by atoms with Gasteiger partial charge in [-0.2, -0.15) is 0 Å². The van der Waals surface area contributed by atoms with Gasteiger partial charge in [-0.05, 0) is 66.6 Å². The Labute approximate surface area is 142 Å². The zero-order valence-electron chi connectivity index (χ0n) is 13.2. The molecule has 1 aliphatic carbocycles. The fourth-order valence-corrected chi connectivity index (χ4v) is 3.87. The molecule has 0 spiro atoms. The molecule has 22 heavy (non-hydrogen) atoms. The minimum atomic E-state index is -1.34. The topological polar surface area (TPSA) is 60.4 Å². The maximum Gasteiger partial charge on any atom is 0.151 e. The van der Waals surface area contributed by atoms with Crippen LogP contribution in [-0.4, -0.2) is 18.3 Å². The Morgan fingerprint density at radius 2 is 2.18 bits per heavy atom. The second kappa shape index (κ2) is 5.73. The molecule has 1 saturated carbocycles. The zero-order valence-corrected chi connectivity index (χ0v) is 15.6. The molecule has 0 saturated heterocycles. The summed E-state index contributed by atoms with van der Waals surface area (Å²) in [6.45, 7) is 6.00. The summed E-state index contributed by atoms with van der Waals surface area (Å²) < 4.78 is 14.4. The molecule has 1 unspecified atom stereocenters. The molecule has 2 heterocycles. The number of imidazole rings is 1. The fraction of sp³-hybridized carbons (Fsp3) is 0.562. The highest BCUT2D eigenvalue weighted by Gasteiger charge is 2.28. The van der Waals surface area contributed by atoms with Crippen LogP contribution in [0.25, 0.3) is 5.65 Å². The summed E-state index contributed by atoms with van der Waals surface area (Å²) in [5, 5.41) is 5.59. The van der Waals surface area contributed by atoms with Crippen LogP contribution in [0.15, 0.2) is 22.9 Å². The molecule has 2 N–H and O–H groups in total. The van der Waals surface area contributed by atoms with Crippen molar-refractivity contribution in [1.29, 1.82) is 0 Å². The van der Waals surface area contributed by atoms with Crippen LogP contribution in [-0.2, 0) is 11.0 Å². The number of nitrogens with two attached hydrogens (primary N) is 1. The van der Waals surface area contributed by atoms with Crippen LogP contribution in [0.4, 0.5) is 0 Å². The highest BCUT2D eigenvalue weighted by Crippen LogP contribution is 2.41. The molecule has 2 aromatic heterocycles. The van der Waals surface area contributed by atoms with E-state index in [1.165, 1.54) is 18.4 Å². The smallest absolute Gasteiger partial charge is 0.151 e. The van der Waals surface area contributed by atoms with E-state index < -0.39 is 15.7 Å². The average Bonchev–Trinajstić information content (AvgIpc) is 3.17. The molecule has 0 aromatic carbocycles. The monoisotopic (exact) mass is 383 g/mol. The third-order valence-corrected chi connectivity index (χ3v) is 6.28. The largest absolute Gasteiger partial charge is 0.306 e. The molecular weight excluding hydrogens is 362 g/mol. The highest BCUT2D eigenvalue weighted by atomic mass is 79.9. The highest BCUT2D eigenvalue weighted by molar-refractivity contribution is 9.10. The predicted octanol–water partition coefficient (Wildman–Crippen LogP) is 3.87. The number of pyridine rings is 1. The van der Waals surface area contributed by atoms with E-state index in [9.17, 15) is 4.21 Å². The maximum absolute atomic E-state index is 11.6. The number of rotatable bonds is 5. The number of fused-ring (bicyclic) bond motifs is 1. The third kappa shape index (κ3) is 3.14. The summed E-state index contributed by atoms with van der Waals surface area (Å²) in [5.74, 6) is 0.918. The van der Waals surface area contributed by atoms with Gasteiger partial charge in [0.15, 0.2) is 5.65 Å². The normalized spacial score (nSPS) is 18.6. The Bertz CT molecular complexity index is 736. The average molecular weight is 384 g/mol.